The molecule has 1 heterocycles. The Bertz CT molecular complexity index is 517. The van der Waals surface area contributed by atoms with Gasteiger partial charge in [-0.05, 0) is 24.3 Å². The first-order chi connectivity index (χ1) is 9.36. The number of benzene rings is 1. The van der Waals surface area contributed by atoms with Crippen molar-refractivity contribution in [1.29, 1.82) is 0 Å². The minimum Gasteiger partial charge on any atom is -0.444 e. The Kier molecular flexibility index (Phi) is 3.65. The quantitative estimate of drug-likeness (QED) is 0.860. The van der Waals surface area contributed by atoms with Gasteiger partial charge in [0.25, 0.3) is 0 Å². The van der Waals surface area contributed by atoms with E-state index in [0.717, 1.165) is 24.0 Å². The van der Waals surface area contributed by atoms with Crippen LogP contribution in [0, 0.1) is 5.92 Å². The van der Waals surface area contributed by atoms with E-state index >= 15 is 0 Å². The van der Waals surface area contributed by atoms with E-state index in [9.17, 15) is 0 Å². The number of aryl methyl sites for hydroxylation is 1. The van der Waals surface area contributed by atoms with Crippen molar-refractivity contribution < 1.29 is 4.42 Å². The average Bonchev–Trinajstić information content (AvgIpc) is 3.18. The van der Waals surface area contributed by atoms with Crippen molar-refractivity contribution in [1.82, 2.24) is 10.3 Å². The van der Waals surface area contributed by atoms with E-state index in [0.29, 0.717) is 12.6 Å². The Morgan fingerprint density at radius 1 is 1.32 bits per heavy atom. The highest BCUT2D eigenvalue weighted by atomic mass is 16.4. The second kappa shape index (κ2) is 5.57. The Balaban J connectivity index is 1.65. The lowest BCUT2D eigenvalue weighted by Crippen LogP contribution is -2.22. The zero-order valence-electron chi connectivity index (χ0n) is 11.3. The molecule has 1 atom stereocenters. The van der Waals surface area contributed by atoms with Crippen molar-refractivity contribution in [2.75, 3.05) is 0 Å². The zero-order chi connectivity index (χ0) is 13.1. The van der Waals surface area contributed by atoms with Crippen molar-refractivity contribution in [3.8, 4) is 0 Å². The molecule has 3 nitrogen and oxygen atoms in total. The Hall–Kier alpha value is -1.61. The van der Waals surface area contributed by atoms with Gasteiger partial charge in [0.2, 0.25) is 5.89 Å². The van der Waals surface area contributed by atoms with Gasteiger partial charge in [-0.15, -0.1) is 0 Å². The fraction of sp³-hybridized carbons (Fsp3) is 0.438. The van der Waals surface area contributed by atoms with Gasteiger partial charge in [-0.3, -0.25) is 0 Å². The van der Waals surface area contributed by atoms with E-state index in [1.54, 1.807) is 0 Å². The summed E-state index contributed by atoms with van der Waals surface area (Å²) in [6.07, 6.45) is 5.36. The van der Waals surface area contributed by atoms with Crippen LogP contribution in [0.4, 0.5) is 0 Å². The summed E-state index contributed by atoms with van der Waals surface area (Å²) in [6, 6.07) is 11.1. The summed E-state index contributed by atoms with van der Waals surface area (Å²) >= 11 is 0. The van der Waals surface area contributed by atoms with Crippen LogP contribution in [0.25, 0.3) is 0 Å². The molecule has 1 aromatic heterocycles. The topological polar surface area (TPSA) is 38.1 Å². The number of nitrogens with one attached hydrogen (secondary N) is 1. The lowest BCUT2D eigenvalue weighted by molar-refractivity contribution is 0.402. The molecule has 0 aliphatic heterocycles. The molecule has 19 heavy (non-hydrogen) atoms. The van der Waals surface area contributed by atoms with Crippen molar-refractivity contribution in [3.05, 3.63) is 53.7 Å². The van der Waals surface area contributed by atoms with Crippen LogP contribution in [0.15, 0.2) is 40.9 Å². The third-order valence-corrected chi connectivity index (χ3v) is 3.68. The molecule has 3 heteroatoms. The lowest BCUT2D eigenvalue weighted by Gasteiger charge is -2.17. The van der Waals surface area contributed by atoms with Gasteiger partial charge in [0.05, 0.1) is 12.7 Å². The number of hydrogen-bond donors (Lipinski definition) is 1. The van der Waals surface area contributed by atoms with Crippen molar-refractivity contribution in [3.63, 3.8) is 0 Å². The van der Waals surface area contributed by atoms with E-state index in [4.69, 9.17) is 4.42 Å². The third-order valence-electron chi connectivity index (χ3n) is 3.68. The van der Waals surface area contributed by atoms with Gasteiger partial charge in [0, 0.05) is 12.5 Å². The maximum absolute atomic E-state index is 5.65. The summed E-state index contributed by atoms with van der Waals surface area (Å²) in [6.45, 7) is 2.78. The van der Waals surface area contributed by atoms with E-state index in [1.165, 1.54) is 18.4 Å². The molecule has 1 fully saturated rings. The maximum Gasteiger partial charge on any atom is 0.208 e. The highest BCUT2D eigenvalue weighted by molar-refractivity contribution is 5.21. The molecule has 1 aromatic carbocycles. The summed E-state index contributed by atoms with van der Waals surface area (Å²) < 4.78 is 5.65. The van der Waals surface area contributed by atoms with Crippen LogP contribution in [0.3, 0.4) is 0 Å². The molecule has 1 aliphatic rings. The largest absolute Gasteiger partial charge is 0.444 e. The molecule has 100 valence electrons. The fourth-order valence-electron chi connectivity index (χ4n) is 2.44. The highest BCUT2D eigenvalue weighted by Crippen LogP contribution is 2.41. The normalized spacial score (nSPS) is 16.5. The summed E-state index contributed by atoms with van der Waals surface area (Å²) in [5.74, 6) is 2.51. The van der Waals surface area contributed by atoms with E-state index in [-0.39, 0.29) is 0 Å². The highest BCUT2D eigenvalue weighted by Gasteiger charge is 2.32. The summed E-state index contributed by atoms with van der Waals surface area (Å²) in [5, 5.41) is 3.60. The second-order valence-electron chi connectivity index (χ2n) is 5.18. The number of aromatic nitrogens is 1. The van der Waals surface area contributed by atoms with E-state index < -0.39 is 0 Å². The molecule has 1 aliphatic carbocycles. The summed E-state index contributed by atoms with van der Waals surface area (Å²) in [5.41, 5.74) is 1.37. The smallest absolute Gasteiger partial charge is 0.208 e. The maximum atomic E-state index is 5.65. The predicted molar refractivity (Wildman–Crippen MR) is 74.6 cm³/mol. The van der Waals surface area contributed by atoms with Gasteiger partial charge in [0.1, 0.15) is 5.76 Å². The monoisotopic (exact) mass is 256 g/mol. The number of oxazole rings is 1. The molecule has 0 bridgehead atoms. The molecule has 3 rings (SSSR count). The number of hydrogen-bond acceptors (Lipinski definition) is 3. The second-order valence-corrected chi connectivity index (χ2v) is 5.18. The van der Waals surface area contributed by atoms with Gasteiger partial charge < -0.3 is 9.73 Å². The number of nitrogens with zero attached hydrogens (tertiary/aromatic N) is 1. The molecule has 1 N–H and O–H groups in total. The van der Waals surface area contributed by atoms with E-state index in [2.05, 4.69) is 47.6 Å². The van der Waals surface area contributed by atoms with Gasteiger partial charge >= 0.3 is 0 Å². The third kappa shape index (κ3) is 3.04. The van der Waals surface area contributed by atoms with Gasteiger partial charge in [-0.1, -0.05) is 37.3 Å². The molecule has 0 radical (unpaired) electrons. The molecule has 0 amide bonds. The Morgan fingerprint density at radius 2 is 2.11 bits per heavy atom. The van der Waals surface area contributed by atoms with Crippen molar-refractivity contribution in [2.24, 2.45) is 5.92 Å². The molecule has 0 saturated heterocycles. The zero-order valence-corrected chi connectivity index (χ0v) is 11.3. The molecule has 1 saturated carbocycles. The van der Waals surface area contributed by atoms with Crippen LogP contribution in [-0.2, 0) is 13.0 Å². The van der Waals surface area contributed by atoms with Gasteiger partial charge in [-0.25, -0.2) is 4.98 Å². The van der Waals surface area contributed by atoms with Crippen LogP contribution >= 0.6 is 0 Å². The van der Waals surface area contributed by atoms with Crippen LogP contribution in [0.1, 0.15) is 43.0 Å². The predicted octanol–water partition coefficient (Wildman–Crippen LogP) is 3.48. The first-order valence-corrected chi connectivity index (χ1v) is 7.08. The van der Waals surface area contributed by atoms with Gasteiger partial charge in [-0.2, -0.15) is 0 Å². The summed E-state index contributed by atoms with van der Waals surface area (Å²) in [7, 11) is 0. The first kappa shape index (κ1) is 12.4. The minimum absolute atomic E-state index is 0.429. The van der Waals surface area contributed by atoms with Crippen molar-refractivity contribution in [2.45, 2.75) is 38.8 Å². The molecule has 2 aromatic rings. The van der Waals surface area contributed by atoms with Crippen LogP contribution in [-0.4, -0.2) is 4.98 Å². The van der Waals surface area contributed by atoms with Crippen LogP contribution < -0.4 is 5.32 Å². The SMILES string of the molecule is CCc1cnc(CNC(c2ccccc2)C2CC2)o1. The molecular formula is C16H20N2O. The fourth-order valence-corrected chi connectivity index (χ4v) is 2.44. The van der Waals surface area contributed by atoms with E-state index in [1.807, 2.05) is 6.20 Å². The molecule has 1 unspecified atom stereocenters. The summed E-state index contributed by atoms with van der Waals surface area (Å²) in [4.78, 5) is 4.30. The first-order valence-electron chi connectivity index (χ1n) is 7.08. The average molecular weight is 256 g/mol. The van der Waals surface area contributed by atoms with Gasteiger partial charge in [0.15, 0.2) is 0 Å². The lowest BCUT2D eigenvalue weighted by atomic mass is 10.0. The molecule has 0 spiro atoms. The Labute approximate surface area is 114 Å². The van der Waals surface area contributed by atoms with Crippen LogP contribution in [0.2, 0.25) is 0 Å². The molecular weight excluding hydrogens is 236 g/mol. The van der Waals surface area contributed by atoms with Crippen LogP contribution in [0.5, 0.6) is 0 Å². The number of rotatable bonds is 6. The minimum atomic E-state index is 0.429. The van der Waals surface area contributed by atoms with Crippen molar-refractivity contribution >= 4 is 0 Å². The Morgan fingerprint density at radius 3 is 2.74 bits per heavy atom. The standard InChI is InChI=1S/C16H20N2O/c1-2-14-10-17-15(19-14)11-18-16(13-8-9-13)12-6-4-3-5-7-12/h3-7,10,13,16,18H,2,8-9,11H2,1H3.